The van der Waals surface area contributed by atoms with Crippen molar-refractivity contribution < 1.29 is 18.9 Å². The zero-order valence-corrected chi connectivity index (χ0v) is 16.4. The average Bonchev–Trinajstić information content (AvgIpc) is 2.34. The van der Waals surface area contributed by atoms with Gasteiger partial charge in [0.2, 0.25) is 0 Å². The topological polar surface area (TPSA) is 66.8 Å². The summed E-state index contributed by atoms with van der Waals surface area (Å²) >= 11 is 30.1. The highest BCUT2D eigenvalue weighted by Crippen LogP contribution is 2.55. The number of rotatable bonds is 10. The van der Waals surface area contributed by atoms with E-state index < -0.39 is 29.6 Å². The highest BCUT2D eigenvalue weighted by Gasteiger charge is 2.58. The number of alkyl halides is 5. The van der Waals surface area contributed by atoms with Gasteiger partial charge >= 0.3 is 7.82 Å². The van der Waals surface area contributed by atoms with Crippen LogP contribution in [0.3, 0.4) is 0 Å². The van der Waals surface area contributed by atoms with Gasteiger partial charge in [0.1, 0.15) is 5.60 Å². The molecule has 0 rings (SSSR count). The third-order valence-electron chi connectivity index (χ3n) is 3.32. The maximum Gasteiger partial charge on any atom is 0.470 e. The largest absolute Gasteiger partial charge is 0.470 e. The van der Waals surface area contributed by atoms with Crippen LogP contribution in [0.5, 0.6) is 0 Å². The second-order valence-electron chi connectivity index (χ2n) is 5.28. The molecule has 0 heterocycles. The molecule has 0 saturated heterocycles. The Kier molecular flexibility index (Phi) is 9.83. The van der Waals surface area contributed by atoms with Crippen molar-refractivity contribution in [2.45, 2.75) is 43.0 Å². The molecule has 0 aromatic heterocycles. The van der Waals surface area contributed by atoms with Crippen LogP contribution in [0.25, 0.3) is 0 Å². The molecule has 0 aliphatic carbocycles. The van der Waals surface area contributed by atoms with E-state index in [4.69, 9.17) is 62.5 Å². The molecule has 0 aliphatic rings. The monoisotopic (exact) mass is 422 g/mol. The predicted molar refractivity (Wildman–Crippen MR) is 90.3 cm³/mol. The lowest BCUT2D eigenvalue weighted by atomic mass is 9.70. The minimum atomic E-state index is -4.87. The Balaban J connectivity index is 6.00. The van der Waals surface area contributed by atoms with E-state index in [-0.39, 0.29) is 30.5 Å². The number of phosphoric acid groups is 1. The molecule has 0 saturated carbocycles. The molecule has 0 aromatic carbocycles. The second kappa shape index (κ2) is 9.15. The summed E-state index contributed by atoms with van der Waals surface area (Å²) in [7, 11) is -4.87. The summed E-state index contributed by atoms with van der Waals surface area (Å²) in [6, 6.07) is 0. The molecular formula is C11H20Cl5O4P. The number of phosphoric ester groups is 1. The van der Waals surface area contributed by atoms with Gasteiger partial charge in [-0.2, -0.15) is 0 Å². The predicted octanol–water partition coefficient (Wildman–Crippen LogP) is 4.57. The van der Waals surface area contributed by atoms with Gasteiger partial charge in [-0.05, 0) is 12.8 Å². The van der Waals surface area contributed by atoms with Gasteiger partial charge in [-0.15, -0.1) is 58.0 Å². The van der Waals surface area contributed by atoms with Gasteiger partial charge in [-0.25, -0.2) is 4.57 Å². The number of hydrogen-bond acceptors (Lipinski definition) is 2. The van der Waals surface area contributed by atoms with Crippen LogP contribution >= 0.6 is 65.8 Å². The molecule has 4 nitrogen and oxygen atoms in total. The molecule has 2 unspecified atom stereocenters. The van der Waals surface area contributed by atoms with Crippen molar-refractivity contribution in [3.8, 4) is 0 Å². The maximum absolute atomic E-state index is 11.5. The van der Waals surface area contributed by atoms with Crippen LogP contribution < -0.4 is 0 Å². The fourth-order valence-electron chi connectivity index (χ4n) is 2.20. The SMILES string of the molecule is CC(C)(CCl)C(OP(=O)(O)O)(C(Cl)CCCl)C(Cl)CCCl. The van der Waals surface area contributed by atoms with Crippen molar-refractivity contribution in [1.29, 1.82) is 0 Å². The molecule has 0 fully saturated rings. The molecule has 128 valence electrons. The summed E-state index contributed by atoms with van der Waals surface area (Å²) in [6.45, 7) is 3.37. The lowest BCUT2D eigenvalue weighted by Gasteiger charge is -2.50. The molecule has 10 heteroatoms. The summed E-state index contributed by atoms with van der Waals surface area (Å²) in [5.41, 5.74) is -2.51. The smallest absolute Gasteiger partial charge is 0.303 e. The third-order valence-corrected chi connectivity index (χ3v) is 6.05. The molecular weight excluding hydrogens is 404 g/mol. The first kappa shape index (κ1) is 22.6. The first-order valence-corrected chi connectivity index (χ1v) is 10.2. The van der Waals surface area contributed by atoms with E-state index in [1.54, 1.807) is 13.8 Å². The van der Waals surface area contributed by atoms with E-state index >= 15 is 0 Å². The molecule has 21 heavy (non-hydrogen) atoms. The zero-order valence-electron chi connectivity index (χ0n) is 11.7. The highest BCUT2D eigenvalue weighted by atomic mass is 35.5. The summed E-state index contributed by atoms with van der Waals surface area (Å²) in [4.78, 5) is 18.6. The number of hydrogen-bond donors (Lipinski definition) is 2. The Morgan fingerprint density at radius 2 is 1.43 bits per heavy atom. The third kappa shape index (κ3) is 5.85. The van der Waals surface area contributed by atoms with Crippen LogP contribution in [0.1, 0.15) is 26.7 Å². The fourth-order valence-corrected chi connectivity index (χ4v) is 5.36. The molecule has 0 aliphatic heterocycles. The average molecular weight is 425 g/mol. The molecule has 0 radical (unpaired) electrons. The standard InChI is InChI=1S/C11H20Cl5O4P/c1-10(2,7-14)11(8(15)3-5-12,9(16)4-6-13)20-21(17,18)19/h8-9H,3-7H2,1-2H3,(H2,17,18,19). The Hall–Kier alpha value is 1.56. The Labute approximate surface area is 150 Å². The van der Waals surface area contributed by atoms with E-state index in [2.05, 4.69) is 0 Å². The van der Waals surface area contributed by atoms with E-state index in [9.17, 15) is 14.4 Å². The first-order chi connectivity index (χ1) is 9.48. The van der Waals surface area contributed by atoms with E-state index in [1.807, 2.05) is 0 Å². The lowest BCUT2D eigenvalue weighted by Crippen LogP contribution is -2.60. The van der Waals surface area contributed by atoms with Gasteiger partial charge in [0.15, 0.2) is 0 Å². The fraction of sp³-hybridized carbons (Fsp3) is 1.00. The van der Waals surface area contributed by atoms with E-state index in [0.717, 1.165) is 0 Å². The first-order valence-electron chi connectivity index (χ1n) is 6.20. The van der Waals surface area contributed by atoms with Crippen molar-refractivity contribution in [2.75, 3.05) is 17.6 Å². The number of halogens is 5. The van der Waals surface area contributed by atoms with Crippen LogP contribution in [-0.4, -0.2) is 43.8 Å². The lowest BCUT2D eigenvalue weighted by molar-refractivity contribution is -0.0575. The molecule has 0 spiro atoms. The molecule has 2 N–H and O–H groups in total. The molecule has 0 aromatic rings. The van der Waals surface area contributed by atoms with Crippen molar-refractivity contribution in [3.63, 3.8) is 0 Å². The van der Waals surface area contributed by atoms with E-state index in [0.29, 0.717) is 0 Å². The molecule has 0 amide bonds. The van der Waals surface area contributed by atoms with Crippen LogP contribution in [0.15, 0.2) is 0 Å². The Morgan fingerprint density at radius 3 is 1.67 bits per heavy atom. The van der Waals surface area contributed by atoms with Crippen LogP contribution in [0, 0.1) is 5.41 Å². The normalized spacial score (nSPS) is 19.1. The summed E-state index contributed by atoms with van der Waals surface area (Å²) < 4.78 is 16.6. The van der Waals surface area contributed by atoms with Crippen molar-refractivity contribution >= 4 is 65.8 Å². The van der Waals surface area contributed by atoms with Gasteiger partial charge in [-0.1, -0.05) is 13.8 Å². The van der Waals surface area contributed by atoms with Crippen molar-refractivity contribution in [3.05, 3.63) is 0 Å². The summed E-state index contributed by atoms with van der Waals surface area (Å²) in [5, 5.41) is -1.69. The quantitative estimate of drug-likeness (QED) is 0.398. The Bertz CT molecular complexity index is 351. The van der Waals surface area contributed by atoms with Gasteiger partial charge in [0.25, 0.3) is 0 Å². The molecule has 0 bridgehead atoms. The van der Waals surface area contributed by atoms with Crippen molar-refractivity contribution in [1.82, 2.24) is 0 Å². The zero-order chi connectivity index (χ0) is 16.9. The van der Waals surface area contributed by atoms with Gasteiger partial charge in [0, 0.05) is 23.1 Å². The summed E-state index contributed by atoms with van der Waals surface area (Å²) in [5.74, 6) is 0.399. The van der Waals surface area contributed by atoms with Gasteiger partial charge in [-0.3, -0.25) is 4.52 Å². The van der Waals surface area contributed by atoms with E-state index in [1.165, 1.54) is 0 Å². The van der Waals surface area contributed by atoms with Crippen molar-refractivity contribution in [2.24, 2.45) is 5.41 Å². The minimum Gasteiger partial charge on any atom is -0.303 e. The maximum atomic E-state index is 11.5. The van der Waals surface area contributed by atoms with Crippen LogP contribution in [-0.2, 0) is 9.09 Å². The Morgan fingerprint density at radius 1 is 1.05 bits per heavy atom. The minimum absolute atomic E-state index is 0.0318. The molecule has 2 atom stereocenters. The van der Waals surface area contributed by atoms with Crippen LogP contribution in [0.4, 0.5) is 0 Å². The van der Waals surface area contributed by atoms with Gasteiger partial charge in [0.05, 0.1) is 10.8 Å². The van der Waals surface area contributed by atoms with Crippen LogP contribution in [0.2, 0.25) is 0 Å². The second-order valence-corrected chi connectivity index (χ2v) is 8.52. The highest BCUT2D eigenvalue weighted by molar-refractivity contribution is 7.46. The van der Waals surface area contributed by atoms with Gasteiger partial charge < -0.3 is 9.79 Å². The summed E-state index contributed by atoms with van der Waals surface area (Å²) in [6.07, 6.45) is 0.490.